The van der Waals surface area contributed by atoms with Crippen molar-refractivity contribution in [2.45, 2.75) is 25.8 Å². The monoisotopic (exact) mass is 337 g/mol. The first-order chi connectivity index (χ1) is 11.8. The maximum atomic E-state index is 4.67. The number of benzene rings is 1. The van der Waals surface area contributed by atoms with Gasteiger partial charge >= 0.3 is 0 Å². The molecule has 0 radical (unpaired) electrons. The lowest BCUT2D eigenvalue weighted by Crippen LogP contribution is -2.16. The van der Waals surface area contributed by atoms with Crippen LogP contribution in [0.3, 0.4) is 0 Å². The molecule has 1 fully saturated rings. The Bertz CT molecular complexity index is 824. The zero-order valence-corrected chi connectivity index (χ0v) is 14.3. The standard InChI is InChI=1S/C18H19N5S/c1-12-10-16(22-17(21-12)14-8-5-9-19-14)23-18-20-11-15(24-18)13-6-3-2-4-7-13/h2-4,6-7,10-11,14,19H,5,8-9H2,1H3,(H,20,21,22,23)/t14-/m1/s1. The van der Waals surface area contributed by atoms with Gasteiger partial charge in [0, 0.05) is 18.0 Å². The highest BCUT2D eigenvalue weighted by molar-refractivity contribution is 7.18. The first kappa shape index (κ1) is 15.2. The number of aryl methyl sites for hydroxylation is 1. The van der Waals surface area contributed by atoms with Crippen LogP contribution in [0.1, 0.15) is 30.4 Å². The van der Waals surface area contributed by atoms with Gasteiger partial charge < -0.3 is 10.6 Å². The summed E-state index contributed by atoms with van der Waals surface area (Å²) >= 11 is 1.63. The molecule has 0 bridgehead atoms. The molecule has 0 aliphatic carbocycles. The average Bonchev–Trinajstić information content (AvgIpc) is 3.27. The third kappa shape index (κ3) is 3.29. The minimum absolute atomic E-state index is 0.265. The van der Waals surface area contributed by atoms with Gasteiger partial charge in [0.2, 0.25) is 0 Å². The molecule has 0 unspecified atom stereocenters. The zero-order valence-electron chi connectivity index (χ0n) is 13.5. The summed E-state index contributed by atoms with van der Waals surface area (Å²) in [5.74, 6) is 1.68. The summed E-state index contributed by atoms with van der Waals surface area (Å²) in [7, 11) is 0. The molecule has 1 saturated heterocycles. The molecule has 0 spiro atoms. The number of hydrogen-bond acceptors (Lipinski definition) is 6. The van der Waals surface area contributed by atoms with Gasteiger partial charge in [-0.15, -0.1) is 0 Å². The molecule has 1 aromatic carbocycles. The molecule has 1 aliphatic rings. The third-order valence-electron chi connectivity index (χ3n) is 4.04. The Kier molecular flexibility index (Phi) is 4.23. The van der Waals surface area contributed by atoms with Gasteiger partial charge in [0.1, 0.15) is 11.6 Å². The molecule has 122 valence electrons. The summed E-state index contributed by atoms with van der Waals surface area (Å²) in [6.45, 7) is 3.04. The number of hydrogen-bond donors (Lipinski definition) is 2. The molecular formula is C18H19N5S. The summed E-state index contributed by atoms with van der Waals surface area (Å²) in [5.41, 5.74) is 2.15. The van der Waals surface area contributed by atoms with Gasteiger partial charge in [0.25, 0.3) is 0 Å². The van der Waals surface area contributed by atoms with E-state index in [9.17, 15) is 0 Å². The number of nitrogens with zero attached hydrogens (tertiary/aromatic N) is 3. The maximum Gasteiger partial charge on any atom is 0.188 e. The molecule has 6 heteroatoms. The van der Waals surface area contributed by atoms with Crippen LogP contribution >= 0.6 is 11.3 Å². The van der Waals surface area contributed by atoms with Gasteiger partial charge in [-0.05, 0) is 31.9 Å². The smallest absolute Gasteiger partial charge is 0.188 e. The number of rotatable bonds is 4. The predicted octanol–water partition coefficient (Wildman–Crippen LogP) is 4.08. The van der Waals surface area contributed by atoms with Crippen LogP contribution in [0.5, 0.6) is 0 Å². The molecule has 1 atom stereocenters. The van der Waals surface area contributed by atoms with E-state index in [0.717, 1.165) is 40.3 Å². The fraction of sp³-hybridized carbons (Fsp3) is 0.278. The van der Waals surface area contributed by atoms with E-state index in [1.165, 1.54) is 12.0 Å². The Morgan fingerprint density at radius 1 is 1.21 bits per heavy atom. The number of anilines is 2. The molecule has 3 aromatic rings. The number of aromatic nitrogens is 3. The summed E-state index contributed by atoms with van der Waals surface area (Å²) < 4.78 is 0. The topological polar surface area (TPSA) is 62.7 Å². The number of thiazole rings is 1. The van der Waals surface area contributed by atoms with Crippen molar-refractivity contribution in [2.24, 2.45) is 0 Å². The summed E-state index contributed by atoms with van der Waals surface area (Å²) in [5, 5.41) is 7.62. The fourth-order valence-corrected chi connectivity index (χ4v) is 3.72. The molecule has 2 N–H and O–H groups in total. The lowest BCUT2D eigenvalue weighted by Gasteiger charge is -2.11. The molecule has 24 heavy (non-hydrogen) atoms. The lowest BCUT2D eigenvalue weighted by molar-refractivity contribution is 0.603. The van der Waals surface area contributed by atoms with E-state index in [2.05, 4.69) is 37.7 Å². The molecule has 0 amide bonds. The molecule has 4 rings (SSSR count). The van der Waals surface area contributed by atoms with Crippen LogP contribution in [-0.4, -0.2) is 21.5 Å². The third-order valence-corrected chi connectivity index (χ3v) is 5.00. The highest BCUT2D eigenvalue weighted by Gasteiger charge is 2.19. The van der Waals surface area contributed by atoms with E-state index in [1.54, 1.807) is 11.3 Å². The maximum absolute atomic E-state index is 4.67. The van der Waals surface area contributed by atoms with Crippen molar-refractivity contribution in [1.82, 2.24) is 20.3 Å². The van der Waals surface area contributed by atoms with Crippen molar-refractivity contribution in [3.05, 3.63) is 54.1 Å². The molecular weight excluding hydrogens is 318 g/mol. The van der Waals surface area contributed by atoms with Crippen LogP contribution in [0.4, 0.5) is 10.9 Å². The van der Waals surface area contributed by atoms with Crippen LogP contribution in [0.25, 0.3) is 10.4 Å². The highest BCUT2D eigenvalue weighted by atomic mass is 32.1. The van der Waals surface area contributed by atoms with Crippen LogP contribution in [-0.2, 0) is 0 Å². The van der Waals surface area contributed by atoms with Gasteiger partial charge in [-0.25, -0.2) is 15.0 Å². The van der Waals surface area contributed by atoms with Crippen molar-refractivity contribution >= 4 is 22.3 Å². The first-order valence-electron chi connectivity index (χ1n) is 8.15. The van der Waals surface area contributed by atoms with Crippen molar-refractivity contribution in [3.8, 4) is 10.4 Å². The van der Waals surface area contributed by atoms with Gasteiger partial charge in [0.15, 0.2) is 5.13 Å². The normalized spacial score (nSPS) is 17.1. The van der Waals surface area contributed by atoms with Crippen molar-refractivity contribution in [2.75, 3.05) is 11.9 Å². The molecule has 0 saturated carbocycles. The van der Waals surface area contributed by atoms with Crippen LogP contribution < -0.4 is 10.6 Å². The lowest BCUT2D eigenvalue weighted by atomic mass is 10.2. The van der Waals surface area contributed by atoms with Crippen LogP contribution in [0.2, 0.25) is 0 Å². The summed E-state index contributed by atoms with van der Waals surface area (Å²) in [6.07, 6.45) is 4.17. The van der Waals surface area contributed by atoms with Crippen LogP contribution in [0, 0.1) is 6.92 Å². The highest BCUT2D eigenvalue weighted by Crippen LogP contribution is 2.30. The SMILES string of the molecule is Cc1cc(Nc2ncc(-c3ccccc3)s2)nc([C@H]2CCCN2)n1. The van der Waals surface area contributed by atoms with E-state index < -0.39 is 0 Å². The summed E-state index contributed by atoms with van der Waals surface area (Å²) in [6, 6.07) is 12.5. The second kappa shape index (κ2) is 6.67. The van der Waals surface area contributed by atoms with Gasteiger partial charge in [0.05, 0.1) is 10.9 Å². The van der Waals surface area contributed by atoms with Gasteiger partial charge in [-0.2, -0.15) is 0 Å². The molecule has 5 nitrogen and oxygen atoms in total. The Hall–Kier alpha value is -2.31. The zero-order chi connectivity index (χ0) is 16.4. The van der Waals surface area contributed by atoms with E-state index in [4.69, 9.17) is 0 Å². The second-order valence-corrected chi connectivity index (χ2v) is 6.95. The average molecular weight is 337 g/mol. The van der Waals surface area contributed by atoms with E-state index >= 15 is 0 Å². The van der Waals surface area contributed by atoms with Crippen molar-refractivity contribution in [3.63, 3.8) is 0 Å². The Morgan fingerprint density at radius 2 is 2.08 bits per heavy atom. The summed E-state index contributed by atoms with van der Waals surface area (Å²) in [4.78, 5) is 14.9. The largest absolute Gasteiger partial charge is 0.316 e. The molecule has 3 heterocycles. The fourth-order valence-electron chi connectivity index (χ4n) is 2.89. The minimum Gasteiger partial charge on any atom is -0.316 e. The predicted molar refractivity (Wildman–Crippen MR) is 97.6 cm³/mol. The molecule has 2 aromatic heterocycles. The van der Waals surface area contributed by atoms with Crippen LogP contribution in [0.15, 0.2) is 42.6 Å². The van der Waals surface area contributed by atoms with Gasteiger partial charge in [-0.3, -0.25) is 0 Å². The van der Waals surface area contributed by atoms with Crippen molar-refractivity contribution in [1.29, 1.82) is 0 Å². The Balaban J connectivity index is 1.56. The minimum atomic E-state index is 0.265. The van der Waals surface area contributed by atoms with Gasteiger partial charge in [-0.1, -0.05) is 41.7 Å². The first-order valence-corrected chi connectivity index (χ1v) is 8.97. The van der Waals surface area contributed by atoms with E-state index in [-0.39, 0.29) is 6.04 Å². The second-order valence-electron chi connectivity index (χ2n) is 5.92. The van der Waals surface area contributed by atoms with Crippen molar-refractivity contribution < 1.29 is 0 Å². The van der Waals surface area contributed by atoms with E-state index in [1.807, 2.05) is 37.4 Å². The number of nitrogens with one attached hydrogen (secondary N) is 2. The quantitative estimate of drug-likeness (QED) is 0.751. The molecule has 1 aliphatic heterocycles. The Morgan fingerprint density at radius 3 is 2.88 bits per heavy atom. The van der Waals surface area contributed by atoms with E-state index in [0.29, 0.717) is 0 Å². The Labute approximate surface area is 145 Å².